The van der Waals surface area contributed by atoms with E-state index in [2.05, 4.69) is 4.72 Å². The first-order valence-electron chi connectivity index (χ1n) is 5.29. The molecule has 0 saturated heterocycles. The molecule has 0 saturated carbocycles. The number of carboxylic acid groups (broad SMARTS) is 1. The van der Waals surface area contributed by atoms with Gasteiger partial charge in [-0.3, -0.25) is 0 Å². The first kappa shape index (κ1) is 16.4. The van der Waals surface area contributed by atoms with Gasteiger partial charge in [-0.25, -0.2) is 17.9 Å². The molecule has 2 unspecified atom stereocenters. The number of carbonyl (C=O) groups is 1. The quantitative estimate of drug-likeness (QED) is 0.686. The fraction of sp³-hybridized carbons (Fsp3) is 0.500. The van der Waals surface area contributed by atoms with Crippen LogP contribution >= 0.6 is 23.1 Å². The van der Waals surface area contributed by atoms with Crippen LogP contribution in [0.1, 0.15) is 16.6 Å². The van der Waals surface area contributed by atoms with Crippen molar-refractivity contribution in [1.82, 2.24) is 4.72 Å². The van der Waals surface area contributed by atoms with Gasteiger partial charge in [-0.05, 0) is 19.2 Å². The Bertz CT molecular complexity index is 535. The molecule has 0 aliphatic rings. The SMILES string of the molecule is CSC(CO)C(C)NS(=O)(=O)c1csc(C(=O)O)c1. The summed E-state index contributed by atoms with van der Waals surface area (Å²) in [7, 11) is -3.76. The predicted octanol–water partition coefficient (Wildman–Crippen LogP) is 0.837. The van der Waals surface area contributed by atoms with Gasteiger partial charge < -0.3 is 10.2 Å². The molecule has 0 aliphatic heterocycles. The molecule has 3 N–H and O–H groups in total. The Kier molecular flexibility index (Phi) is 5.81. The third-order valence-electron chi connectivity index (χ3n) is 2.48. The predicted molar refractivity (Wildman–Crippen MR) is 75.5 cm³/mol. The van der Waals surface area contributed by atoms with Crippen molar-refractivity contribution in [3.05, 3.63) is 16.3 Å². The average molecular weight is 325 g/mol. The fourth-order valence-electron chi connectivity index (χ4n) is 1.40. The monoisotopic (exact) mass is 325 g/mol. The van der Waals surface area contributed by atoms with Gasteiger partial charge in [-0.2, -0.15) is 11.8 Å². The zero-order valence-electron chi connectivity index (χ0n) is 10.4. The van der Waals surface area contributed by atoms with Crippen molar-refractivity contribution < 1.29 is 23.4 Å². The van der Waals surface area contributed by atoms with Crippen LogP contribution in [-0.4, -0.2) is 48.8 Å². The number of thiophene rings is 1. The number of rotatable bonds is 7. The second kappa shape index (κ2) is 6.71. The molecule has 1 rings (SSSR count). The van der Waals surface area contributed by atoms with E-state index in [1.165, 1.54) is 17.1 Å². The smallest absolute Gasteiger partial charge is 0.345 e. The lowest BCUT2D eigenvalue weighted by Crippen LogP contribution is -2.41. The summed E-state index contributed by atoms with van der Waals surface area (Å²) in [5, 5.41) is 18.9. The minimum Gasteiger partial charge on any atom is -0.477 e. The minimum atomic E-state index is -3.76. The van der Waals surface area contributed by atoms with Gasteiger partial charge in [0.15, 0.2) is 0 Å². The van der Waals surface area contributed by atoms with Crippen LogP contribution in [0.4, 0.5) is 0 Å². The van der Waals surface area contributed by atoms with Gasteiger partial charge in [-0.1, -0.05) is 0 Å². The molecule has 1 aromatic heterocycles. The molecule has 108 valence electrons. The molecule has 6 nitrogen and oxygen atoms in total. The van der Waals surface area contributed by atoms with E-state index in [0.717, 1.165) is 17.4 Å². The van der Waals surface area contributed by atoms with E-state index in [1.807, 2.05) is 0 Å². The lowest BCUT2D eigenvalue weighted by Gasteiger charge is -2.20. The van der Waals surface area contributed by atoms with E-state index < -0.39 is 22.0 Å². The number of thioether (sulfide) groups is 1. The molecule has 0 fully saturated rings. The molecule has 0 spiro atoms. The number of aromatic carboxylic acids is 1. The van der Waals surface area contributed by atoms with Crippen LogP contribution in [0.25, 0.3) is 0 Å². The van der Waals surface area contributed by atoms with Crippen LogP contribution < -0.4 is 4.72 Å². The van der Waals surface area contributed by atoms with Gasteiger partial charge in [0.2, 0.25) is 10.0 Å². The largest absolute Gasteiger partial charge is 0.477 e. The van der Waals surface area contributed by atoms with Crippen molar-refractivity contribution in [2.45, 2.75) is 23.1 Å². The highest BCUT2D eigenvalue weighted by Gasteiger charge is 2.24. The van der Waals surface area contributed by atoms with Crippen LogP contribution in [0.15, 0.2) is 16.3 Å². The average Bonchev–Trinajstić information content (AvgIpc) is 2.79. The van der Waals surface area contributed by atoms with Gasteiger partial charge in [0.25, 0.3) is 0 Å². The van der Waals surface area contributed by atoms with E-state index in [4.69, 9.17) is 10.2 Å². The molecular weight excluding hydrogens is 310 g/mol. The Morgan fingerprint density at radius 2 is 2.21 bits per heavy atom. The normalized spacial score (nSPS) is 15.1. The minimum absolute atomic E-state index is 0.0309. The van der Waals surface area contributed by atoms with Crippen LogP contribution in [0.2, 0.25) is 0 Å². The zero-order chi connectivity index (χ0) is 14.6. The third-order valence-corrected chi connectivity index (χ3v) is 6.25. The Morgan fingerprint density at radius 3 is 2.63 bits per heavy atom. The van der Waals surface area contributed by atoms with E-state index in [0.29, 0.717) is 0 Å². The number of aliphatic hydroxyl groups is 1. The highest BCUT2D eigenvalue weighted by Crippen LogP contribution is 2.20. The summed E-state index contributed by atoms with van der Waals surface area (Å²) in [6.07, 6.45) is 1.78. The molecule has 0 aliphatic carbocycles. The van der Waals surface area contributed by atoms with Crippen molar-refractivity contribution in [2.75, 3.05) is 12.9 Å². The number of nitrogens with one attached hydrogen (secondary N) is 1. The molecule has 0 aromatic carbocycles. The highest BCUT2D eigenvalue weighted by molar-refractivity contribution is 7.99. The lowest BCUT2D eigenvalue weighted by atomic mass is 10.3. The maximum Gasteiger partial charge on any atom is 0.345 e. The third kappa shape index (κ3) is 4.18. The standard InChI is InChI=1S/C10H15NO5S3/c1-6(9(4-12)17-2)11-19(15,16)7-3-8(10(13)14)18-5-7/h3,5-6,9,11-12H,4H2,1-2H3,(H,13,14). The van der Waals surface area contributed by atoms with Gasteiger partial charge in [0, 0.05) is 16.7 Å². The van der Waals surface area contributed by atoms with Crippen molar-refractivity contribution in [2.24, 2.45) is 0 Å². The Balaban J connectivity index is 2.88. The Hall–Kier alpha value is -0.610. The fourth-order valence-corrected chi connectivity index (χ4v) is 4.50. The summed E-state index contributed by atoms with van der Waals surface area (Å²) in [6, 6.07) is 0.660. The molecule has 2 atom stereocenters. The van der Waals surface area contributed by atoms with Crippen LogP contribution in [0.3, 0.4) is 0 Å². The first-order chi connectivity index (χ1) is 8.81. The molecule has 1 heterocycles. The maximum atomic E-state index is 12.0. The van der Waals surface area contributed by atoms with E-state index in [9.17, 15) is 13.2 Å². The second-order valence-corrected chi connectivity index (χ2v) is 7.52. The van der Waals surface area contributed by atoms with Gasteiger partial charge in [0.05, 0.1) is 11.5 Å². The topological polar surface area (TPSA) is 104 Å². The Morgan fingerprint density at radius 1 is 1.58 bits per heavy atom. The lowest BCUT2D eigenvalue weighted by molar-refractivity contribution is 0.0702. The summed E-state index contributed by atoms with van der Waals surface area (Å²) in [5.41, 5.74) is 0. The van der Waals surface area contributed by atoms with Crippen molar-refractivity contribution >= 4 is 39.1 Å². The number of hydrogen-bond acceptors (Lipinski definition) is 6. The maximum absolute atomic E-state index is 12.0. The summed E-state index contributed by atoms with van der Waals surface area (Å²) in [4.78, 5) is 10.6. The summed E-state index contributed by atoms with van der Waals surface area (Å²) < 4.78 is 26.5. The second-order valence-electron chi connectivity index (χ2n) is 3.82. The van der Waals surface area contributed by atoms with Crippen LogP contribution in [-0.2, 0) is 10.0 Å². The van der Waals surface area contributed by atoms with Crippen LogP contribution in [0.5, 0.6) is 0 Å². The van der Waals surface area contributed by atoms with Crippen molar-refractivity contribution in [1.29, 1.82) is 0 Å². The summed E-state index contributed by atoms with van der Waals surface area (Å²) in [5.74, 6) is -1.16. The first-order valence-corrected chi connectivity index (χ1v) is 8.94. The molecule has 0 bridgehead atoms. The molecule has 19 heavy (non-hydrogen) atoms. The number of hydrogen-bond donors (Lipinski definition) is 3. The van der Waals surface area contributed by atoms with E-state index >= 15 is 0 Å². The van der Waals surface area contributed by atoms with E-state index in [-0.39, 0.29) is 21.6 Å². The molecule has 0 radical (unpaired) electrons. The van der Waals surface area contributed by atoms with E-state index in [1.54, 1.807) is 13.2 Å². The zero-order valence-corrected chi connectivity index (χ0v) is 12.8. The molecule has 0 amide bonds. The van der Waals surface area contributed by atoms with Crippen molar-refractivity contribution in [3.8, 4) is 0 Å². The summed E-state index contributed by atoms with van der Waals surface area (Å²) in [6.45, 7) is 1.51. The summed E-state index contributed by atoms with van der Waals surface area (Å²) >= 11 is 2.21. The Labute approximate surface area is 119 Å². The highest BCUT2D eigenvalue weighted by atomic mass is 32.2. The van der Waals surface area contributed by atoms with Crippen LogP contribution in [0, 0.1) is 0 Å². The van der Waals surface area contributed by atoms with Gasteiger partial charge >= 0.3 is 5.97 Å². The molecular formula is C10H15NO5S3. The number of aliphatic hydroxyl groups excluding tert-OH is 1. The van der Waals surface area contributed by atoms with Gasteiger partial charge in [-0.15, -0.1) is 11.3 Å². The molecule has 1 aromatic rings. The van der Waals surface area contributed by atoms with Crippen molar-refractivity contribution in [3.63, 3.8) is 0 Å². The molecule has 9 heteroatoms. The number of carboxylic acids is 1. The van der Waals surface area contributed by atoms with Gasteiger partial charge in [0.1, 0.15) is 4.88 Å². The number of sulfonamides is 1.